The number of benzene rings is 2. The molecule has 28 heavy (non-hydrogen) atoms. The molecular weight excluding hydrogens is 502 g/mol. The molecule has 0 bridgehead atoms. The van der Waals surface area contributed by atoms with Crippen molar-refractivity contribution in [1.82, 2.24) is 0 Å². The van der Waals surface area contributed by atoms with E-state index in [9.17, 15) is 4.57 Å². The van der Waals surface area contributed by atoms with Gasteiger partial charge in [0.1, 0.15) is 5.66 Å². The summed E-state index contributed by atoms with van der Waals surface area (Å²) < 4.78 is 27.3. The maximum atomic E-state index is 13.8. The summed E-state index contributed by atoms with van der Waals surface area (Å²) in [5.41, 5.74) is 0.458. The van der Waals surface area contributed by atoms with Gasteiger partial charge >= 0.3 is 7.60 Å². The lowest BCUT2D eigenvalue weighted by atomic mass is 10.1. The Morgan fingerprint density at radius 3 is 2.36 bits per heavy atom. The Labute approximate surface area is 187 Å². The van der Waals surface area contributed by atoms with E-state index in [1.54, 1.807) is 23.5 Å². The van der Waals surface area contributed by atoms with Crippen LogP contribution in [0, 0.1) is 0 Å². The van der Waals surface area contributed by atoms with E-state index in [-0.39, 0.29) is 0 Å². The molecule has 3 nitrogen and oxygen atoms in total. The molecular formula is C20H20BrCl2O3PS. The quantitative estimate of drug-likeness (QED) is 0.278. The fourth-order valence-corrected chi connectivity index (χ4v) is 8.19. The highest BCUT2D eigenvalue weighted by atomic mass is 79.9. The third kappa shape index (κ3) is 4.67. The van der Waals surface area contributed by atoms with E-state index in [1.165, 1.54) is 0 Å². The van der Waals surface area contributed by atoms with Gasteiger partial charge < -0.3 is 9.05 Å². The van der Waals surface area contributed by atoms with Crippen LogP contribution in [0.1, 0.15) is 29.9 Å². The largest absolute Gasteiger partial charge is 0.339 e. The molecule has 1 aromatic heterocycles. The average Bonchev–Trinajstić information content (AvgIpc) is 2.99. The van der Waals surface area contributed by atoms with Crippen LogP contribution in [0.2, 0.25) is 10.0 Å². The van der Waals surface area contributed by atoms with Gasteiger partial charge in [0.2, 0.25) is 0 Å². The number of hydrogen-bond acceptors (Lipinski definition) is 4. The predicted molar refractivity (Wildman–Crippen MR) is 123 cm³/mol. The number of fused-ring (bicyclic) bond motifs is 1. The Balaban J connectivity index is 2.13. The molecule has 0 fully saturated rings. The van der Waals surface area contributed by atoms with Gasteiger partial charge in [-0.1, -0.05) is 47.5 Å². The standard InChI is InChI=1S/C20H20BrCl2O3PS/c1-3-25-27(24,26-4-2)17(12-13-9-10-15(22)16(23)11-13)20-19(21)14-7-5-6-8-18(14)28-20/h5-11,17H,3-4,12H2,1-2H3. The van der Waals surface area contributed by atoms with E-state index in [1.807, 2.05) is 38.1 Å². The molecule has 0 N–H and O–H groups in total. The van der Waals surface area contributed by atoms with Crippen molar-refractivity contribution in [2.24, 2.45) is 0 Å². The highest BCUT2D eigenvalue weighted by Crippen LogP contribution is 2.64. The Morgan fingerprint density at radius 2 is 1.75 bits per heavy atom. The summed E-state index contributed by atoms with van der Waals surface area (Å²) in [6.07, 6.45) is 0.458. The maximum absolute atomic E-state index is 13.8. The van der Waals surface area contributed by atoms with Crippen LogP contribution in [0.3, 0.4) is 0 Å². The second kappa shape index (κ2) is 9.61. The van der Waals surface area contributed by atoms with E-state index in [0.29, 0.717) is 29.7 Å². The zero-order chi connectivity index (χ0) is 20.3. The molecule has 0 aliphatic carbocycles. The van der Waals surface area contributed by atoms with Crippen molar-refractivity contribution < 1.29 is 13.6 Å². The minimum absolute atomic E-state index is 0.303. The topological polar surface area (TPSA) is 35.5 Å². The number of rotatable bonds is 8. The van der Waals surface area contributed by atoms with Gasteiger partial charge in [-0.25, -0.2) is 0 Å². The molecule has 0 aliphatic rings. The molecule has 0 aliphatic heterocycles. The Morgan fingerprint density at radius 1 is 1.07 bits per heavy atom. The molecule has 0 saturated carbocycles. The van der Waals surface area contributed by atoms with Crippen LogP contribution in [-0.4, -0.2) is 13.2 Å². The summed E-state index contributed by atoms with van der Waals surface area (Å²) in [7, 11) is -3.42. The van der Waals surface area contributed by atoms with Crippen molar-refractivity contribution in [3.63, 3.8) is 0 Å². The first-order valence-electron chi connectivity index (χ1n) is 8.89. The molecule has 1 unspecified atom stereocenters. The molecule has 3 aromatic rings. The molecule has 3 rings (SSSR count). The highest BCUT2D eigenvalue weighted by molar-refractivity contribution is 9.10. The van der Waals surface area contributed by atoms with E-state index >= 15 is 0 Å². The van der Waals surface area contributed by atoms with Crippen molar-refractivity contribution in [1.29, 1.82) is 0 Å². The first-order chi connectivity index (χ1) is 13.4. The lowest BCUT2D eigenvalue weighted by Gasteiger charge is -2.26. The van der Waals surface area contributed by atoms with E-state index < -0.39 is 13.3 Å². The van der Waals surface area contributed by atoms with Crippen LogP contribution >= 0.6 is 58.1 Å². The molecule has 0 saturated heterocycles. The number of hydrogen-bond donors (Lipinski definition) is 0. The van der Waals surface area contributed by atoms with Gasteiger partial charge in [0.25, 0.3) is 0 Å². The van der Waals surface area contributed by atoms with Gasteiger partial charge in [-0.2, -0.15) is 0 Å². The normalized spacial score (nSPS) is 13.2. The molecule has 0 amide bonds. The lowest BCUT2D eigenvalue weighted by Crippen LogP contribution is -2.09. The van der Waals surface area contributed by atoms with Gasteiger partial charge in [-0.05, 0) is 60.0 Å². The molecule has 0 radical (unpaired) electrons. The fourth-order valence-electron chi connectivity index (χ4n) is 3.06. The van der Waals surface area contributed by atoms with Crippen molar-refractivity contribution in [3.05, 3.63) is 67.4 Å². The molecule has 0 spiro atoms. The van der Waals surface area contributed by atoms with Crippen LogP contribution in [-0.2, 0) is 20.0 Å². The molecule has 1 heterocycles. The molecule has 2 aromatic carbocycles. The van der Waals surface area contributed by atoms with Crippen molar-refractivity contribution >= 4 is 68.2 Å². The third-order valence-corrected chi connectivity index (χ3v) is 10.0. The Kier molecular flexibility index (Phi) is 7.66. The highest BCUT2D eigenvalue weighted by Gasteiger charge is 2.39. The average molecular weight is 522 g/mol. The molecule has 150 valence electrons. The summed E-state index contributed by atoms with van der Waals surface area (Å²) in [6.45, 7) is 4.25. The zero-order valence-corrected chi connectivity index (χ0v) is 20.3. The minimum atomic E-state index is -3.42. The first-order valence-corrected chi connectivity index (χ1v) is 12.9. The van der Waals surface area contributed by atoms with Gasteiger partial charge in [0.15, 0.2) is 0 Å². The summed E-state index contributed by atoms with van der Waals surface area (Å²) in [6, 6.07) is 13.5. The summed E-state index contributed by atoms with van der Waals surface area (Å²) >= 11 is 17.6. The monoisotopic (exact) mass is 520 g/mol. The first kappa shape index (κ1) is 22.3. The van der Waals surface area contributed by atoms with Crippen LogP contribution < -0.4 is 0 Å². The van der Waals surface area contributed by atoms with Crippen LogP contribution in [0.15, 0.2) is 46.9 Å². The summed E-state index contributed by atoms with van der Waals surface area (Å²) in [5, 5.41) is 2.04. The van der Waals surface area contributed by atoms with Crippen LogP contribution in [0.5, 0.6) is 0 Å². The Hall–Kier alpha value is -0.390. The van der Waals surface area contributed by atoms with Gasteiger partial charge in [-0.15, -0.1) is 11.3 Å². The Bertz CT molecular complexity index is 1010. The number of thiophene rings is 1. The van der Waals surface area contributed by atoms with Crippen LogP contribution in [0.4, 0.5) is 0 Å². The second-order valence-electron chi connectivity index (χ2n) is 6.12. The maximum Gasteiger partial charge on any atom is 0.339 e. The molecule has 1 atom stereocenters. The van der Waals surface area contributed by atoms with E-state index in [0.717, 1.165) is 25.0 Å². The fraction of sp³-hybridized carbons (Fsp3) is 0.300. The van der Waals surface area contributed by atoms with E-state index in [4.69, 9.17) is 32.2 Å². The minimum Gasteiger partial charge on any atom is -0.308 e. The van der Waals surface area contributed by atoms with E-state index in [2.05, 4.69) is 22.0 Å². The summed E-state index contributed by atoms with van der Waals surface area (Å²) in [4.78, 5) is 0.942. The second-order valence-corrected chi connectivity index (χ2v) is 11.0. The number of halogens is 3. The van der Waals surface area contributed by atoms with Crippen molar-refractivity contribution in [3.8, 4) is 0 Å². The van der Waals surface area contributed by atoms with Gasteiger partial charge in [0, 0.05) is 19.4 Å². The van der Waals surface area contributed by atoms with Crippen molar-refractivity contribution in [2.75, 3.05) is 13.2 Å². The third-order valence-electron chi connectivity index (χ3n) is 4.28. The SMILES string of the molecule is CCOP(=O)(OCC)C(Cc1ccc(Cl)c(Cl)c1)c1sc2ccccc2c1Br. The zero-order valence-electron chi connectivity index (χ0n) is 15.5. The van der Waals surface area contributed by atoms with Gasteiger partial charge in [-0.3, -0.25) is 4.57 Å². The smallest absolute Gasteiger partial charge is 0.308 e. The summed E-state index contributed by atoms with van der Waals surface area (Å²) in [5.74, 6) is 0. The molecule has 8 heteroatoms. The van der Waals surface area contributed by atoms with Gasteiger partial charge in [0.05, 0.1) is 23.3 Å². The predicted octanol–water partition coefficient (Wildman–Crippen LogP) is 8.52. The van der Waals surface area contributed by atoms with Crippen molar-refractivity contribution in [2.45, 2.75) is 25.9 Å². The van der Waals surface area contributed by atoms with Crippen LogP contribution in [0.25, 0.3) is 10.1 Å². The lowest BCUT2D eigenvalue weighted by molar-refractivity contribution is 0.212.